The van der Waals surface area contributed by atoms with Gasteiger partial charge in [-0.25, -0.2) is 4.99 Å². The van der Waals surface area contributed by atoms with Crippen LogP contribution in [0.2, 0.25) is 0 Å². The normalized spacial score (nSPS) is 12.3. The van der Waals surface area contributed by atoms with Crippen LogP contribution in [0.4, 0.5) is 5.69 Å². The van der Waals surface area contributed by atoms with Gasteiger partial charge in [0, 0.05) is 47.5 Å². The van der Waals surface area contributed by atoms with E-state index in [2.05, 4.69) is 180 Å². The zero-order chi connectivity index (χ0) is 36.9. The fourth-order valence-electron chi connectivity index (χ4n) is 9.19. The molecule has 0 spiro atoms. The summed E-state index contributed by atoms with van der Waals surface area (Å²) in [6, 6.07) is 62.8. The number of nitrogens with zero attached hydrogens (tertiary/aromatic N) is 2. The first-order chi connectivity index (χ1) is 27.7. The lowest BCUT2D eigenvalue weighted by Gasteiger charge is -2.13. The van der Waals surface area contributed by atoms with Crippen molar-refractivity contribution in [1.29, 1.82) is 5.41 Å². The largest absolute Gasteiger partial charge is 0.300 e. The van der Waals surface area contributed by atoms with Crippen molar-refractivity contribution in [2.24, 2.45) is 4.99 Å². The van der Waals surface area contributed by atoms with Crippen LogP contribution < -0.4 is 0 Å². The van der Waals surface area contributed by atoms with E-state index in [1.54, 1.807) is 11.3 Å². The van der Waals surface area contributed by atoms with E-state index in [4.69, 9.17) is 4.99 Å². The van der Waals surface area contributed by atoms with Gasteiger partial charge in [0.15, 0.2) is 0 Å². The Morgan fingerprint density at radius 3 is 1.79 bits per heavy atom. The molecule has 0 radical (unpaired) electrons. The number of hydrogen-bond acceptors (Lipinski definition) is 3. The minimum Gasteiger partial charge on any atom is -0.300 e. The molecule has 0 saturated carbocycles. The molecular formula is C52H31N3S. The van der Waals surface area contributed by atoms with Crippen molar-refractivity contribution < 1.29 is 0 Å². The van der Waals surface area contributed by atoms with Crippen molar-refractivity contribution in [2.75, 3.05) is 0 Å². The highest BCUT2D eigenvalue weighted by molar-refractivity contribution is 7.25. The third kappa shape index (κ3) is 4.45. The highest BCUT2D eigenvalue weighted by atomic mass is 32.1. The Balaban J connectivity index is 1.13. The lowest BCUT2D eigenvalue weighted by molar-refractivity contribution is 1.31. The monoisotopic (exact) mass is 729 g/mol. The average Bonchev–Trinajstić information content (AvgIpc) is 3.80. The second kappa shape index (κ2) is 11.9. The lowest BCUT2D eigenvalue weighted by Crippen LogP contribution is -2.03. The number of benzene rings is 10. The molecule has 0 bridgehead atoms. The van der Waals surface area contributed by atoms with Gasteiger partial charge in [0.2, 0.25) is 0 Å². The molecule has 10 aromatic carbocycles. The zero-order valence-electron chi connectivity index (χ0n) is 30.1. The van der Waals surface area contributed by atoms with Gasteiger partial charge in [0.1, 0.15) is 6.34 Å². The lowest BCUT2D eigenvalue weighted by atomic mass is 9.91. The summed E-state index contributed by atoms with van der Waals surface area (Å²) in [6.07, 6.45) is 1.98. The van der Waals surface area contributed by atoms with Crippen LogP contribution in [-0.2, 0) is 0 Å². The van der Waals surface area contributed by atoms with Crippen LogP contribution in [0.5, 0.6) is 0 Å². The van der Waals surface area contributed by atoms with Crippen LogP contribution in [0, 0.1) is 5.41 Å². The van der Waals surface area contributed by atoms with Gasteiger partial charge in [-0.05, 0) is 84.9 Å². The first kappa shape index (κ1) is 31.2. The summed E-state index contributed by atoms with van der Waals surface area (Å²) in [6.45, 7) is 0. The van der Waals surface area contributed by atoms with Crippen molar-refractivity contribution in [1.82, 2.24) is 4.57 Å². The maximum Gasteiger partial charge on any atom is 0.100 e. The van der Waals surface area contributed by atoms with Gasteiger partial charge in [0.05, 0.1) is 22.4 Å². The standard InChI is InChI=1S/C52H31N3S/c53-52(33-23-28-47-42(29-33)39-18-9-10-20-46(39)56-47)49-34-13-3-1-11-31(34)21-25-43(49)54-30-55-44-26-22-32-12-2-4-14-35(32)50(44)51-45(55)27-24-41-38-17-6-5-15-36(38)37-16-7-8-19-40(37)48(41)51/h1-30,53H. The first-order valence-corrected chi connectivity index (χ1v) is 19.8. The molecule has 0 fully saturated rings. The molecule has 12 rings (SSSR count). The Kier molecular flexibility index (Phi) is 6.65. The molecule has 4 heteroatoms. The molecule has 2 heterocycles. The Labute approximate surface area is 325 Å². The molecule has 0 aliphatic heterocycles. The summed E-state index contributed by atoms with van der Waals surface area (Å²) in [5.41, 5.74) is 5.12. The number of rotatable bonds is 4. The third-order valence-corrected chi connectivity index (χ3v) is 12.8. The summed E-state index contributed by atoms with van der Waals surface area (Å²) in [4.78, 5) is 5.32. The average molecular weight is 730 g/mol. The predicted molar refractivity (Wildman–Crippen MR) is 242 cm³/mol. The van der Waals surface area contributed by atoms with Crippen molar-refractivity contribution >= 4 is 125 Å². The van der Waals surface area contributed by atoms with E-state index >= 15 is 0 Å². The maximum atomic E-state index is 9.79. The smallest absolute Gasteiger partial charge is 0.100 e. The molecule has 0 atom stereocenters. The Hall–Kier alpha value is -7.14. The SMILES string of the molecule is N=C(c1ccc2sc3ccccc3c2c1)c1c(N=Cn2c3ccc4ccccc4c3c3c4c5ccccc5c5ccccc5c4ccc32)ccc2ccccc12. The van der Waals surface area contributed by atoms with E-state index in [1.807, 2.05) is 6.34 Å². The quantitative estimate of drug-likeness (QED) is 0.106. The van der Waals surface area contributed by atoms with Gasteiger partial charge in [-0.3, -0.25) is 9.98 Å². The minimum absolute atomic E-state index is 0.462. The maximum absolute atomic E-state index is 9.79. The highest BCUT2D eigenvalue weighted by Crippen LogP contribution is 2.44. The molecule has 56 heavy (non-hydrogen) atoms. The molecular weight excluding hydrogens is 699 g/mol. The Morgan fingerprint density at radius 2 is 1.00 bits per heavy atom. The molecule has 0 aliphatic rings. The number of aliphatic imine (C=N–C) groups is 1. The van der Waals surface area contributed by atoms with Crippen LogP contribution in [0.3, 0.4) is 0 Å². The van der Waals surface area contributed by atoms with Crippen molar-refractivity contribution in [3.05, 3.63) is 187 Å². The van der Waals surface area contributed by atoms with Gasteiger partial charge in [-0.15, -0.1) is 11.3 Å². The van der Waals surface area contributed by atoms with Crippen LogP contribution in [0.15, 0.2) is 181 Å². The summed E-state index contributed by atoms with van der Waals surface area (Å²) in [5.74, 6) is 0. The fraction of sp³-hybridized carbons (Fsp3) is 0. The third-order valence-electron chi connectivity index (χ3n) is 11.7. The van der Waals surface area contributed by atoms with E-state index in [9.17, 15) is 5.41 Å². The minimum atomic E-state index is 0.462. The Bertz CT molecular complexity index is 3640. The molecule has 0 amide bonds. The molecule has 0 aliphatic carbocycles. The topological polar surface area (TPSA) is 41.1 Å². The second-order valence-electron chi connectivity index (χ2n) is 14.6. The number of thiophene rings is 1. The van der Waals surface area contributed by atoms with E-state index in [0.717, 1.165) is 38.6 Å². The van der Waals surface area contributed by atoms with Crippen molar-refractivity contribution in [3.63, 3.8) is 0 Å². The highest BCUT2D eigenvalue weighted by Gasteiger charge is 2.20. The van der Waals surface area contributed by atoms with Crippen LogP contribution in [0.1, 0.15) is 11.1 Å². The summed E-state index contributed by atoms with van der Waals surface area (Å²) >= 11 is 1.80. The van der Waals surface area contributed by atoms with Crippen molar-refractivity contribution in [2.45, 2.75) is 0 Å². The van der Waals surface area contributed by atoms with E-state index < -0.39 is 0 Å². The van der Waals surface area contributed by atoms with Crippen LogP contribution >= 0.6 is 11.3 Å². The first-order valence-electron chi connectivity index (χ1n) is 19.0. The van der Waals surface area contributed by atoms with Gasteiger partial charge < -0.3 is 0 Å². The number of fused-ring (bicyclic) bond motifs is 16. The molecule has 1 N–H and O–H groups in total. The van der Waals surface area contributed by atoms with Gasteiger partial charge in [0.25, 0.3) is 0 Å². The van der Waals surface area contributed by atoms with Crippen LogP contribution in [-0.4, -0.2) is 16.6 Å². The summed E-state index contributed by atoms with van der Waals surface area (Å²) < 4.78 is 4.74. The second-order valence-corrected chi connectivity index (χ2v) is 15.7. The molecule has 0 unspecified atom stereocenters. The molecule has 12 aromatic rings. The number of aromatic nitrogens is 1. The Morgan fingerprint density at radius 1 is 0.446 bits per heavy atom. The van der Waals surface area contributed by atoms with Crippen LogP contribution in [0.25, 0.3) is 95.8 Å². The summed E-state index contributed by atoms with van der Waals surface area (Å²) in [7, 11) is 0. The number of hydrogen-bond donors (Lipinski definition) is 1. The number of nitrogens with one attached hydrogen (secondary N) is 1. The fourth-order valence-corrected chi connectivity index (χ4v) is 10.3. The summed E-state index contributed by atoms with van der Waals surface area (Å²) in [5, 5.41) is 26.7. The van der Waals surface area contributed by atoms with Crippen molar-refractivity contribution in [3.8, 4) is 0 Å². The molecule has 260 valence electrons. The molecule has 0 saturated heterocycles. The van der Waals surface area contributed by atoms with E-state index in [0.29, 0.717) is 5.71 Å². The van der Waals surface area contributed by atoms with Gasteiger partial charge in [-0.2, -0.15) is 0 Å². The van der Waals surface area contributed by atoms with E-state index in [-0.39, 0.29) is 0 Å². The predicted octanol–water partition coefficient (Wildman–Crippen LogP) is 14.6. The van der Waals surface area contributed by atoms with E-state index in [1.165, 1.54) is 74.0 Å². The molecule has 2 aromatic heterocycles. The van der Waals surface area contributed by atoms with Gasteiger partial charge in [-0.1, -0.05) is 140 Å². The van der Waals surface area contributed by atoms with Gasteiger partial charge >= 0.3 is 0 Å². The zero-order valence-corrected chi connectivity index (χ0v) is 30.9. The molecule has 3 nitrogen and oxygen atoms in total.